The largest absolute Gasteiger partial charge is 0.481 e. The topological polar surface area (TPSA) is 169 Å². The van der Waals surface area contributed by atoms with Crippen molar-refractivity contribution in [1.82, 2.24) is 4.90 Å². The number of nitrogens with two attached hydrogens (primary N) is 1. The first-order chi connectivity index (χ1) is 17.9. The molecule has 4 rings (SSSR count). The van der Waals surface area contributed by atoms with E-state index in [-0.39, 0.29) is 52.5 Å². The lowest BCUT2D eigenvalue weighted by atomic mass is 9.54. The predicted octanol–water partition coefficient (Wildman–Crippen LogP) is 2.17. The summed E-state index contributed by atoms with van der Waals surface area (Å²) in [4.78, 5) is 38.1. The number of esters is 2. The van der Waals surface area contributed by atoms with E-state index in [1.807, 2.05) is 27.0 Å². The number of likely N-dealkylation sites (tertiary alicyclic amines) is 1. The van der Waals surface area contributed by atoms with Crippen LogP contribution in [-0.2, 0) is 35.9 Å². The number of carbonyl (C=O) groups excluding carboxylic acids is 2. The number of carboxylic acid groups (broad SMARTS) is 1. The normalized spacial score (nSPS) is 28.1. The number of rotatable bonds is 8. The van der Waals surface area contributed by atoms with E-state index in [0.29, 0.717) is 24.3 Å². The molecular weight excluding hydrogens is 520 g/mol. The number of fused-ring (bicyclic) bond motifs is 1. The average molecular weight is 565 g/mol. The molecule has 1 aromatic rings. The number of ether oxygens (including phenoxy) is 3. The Hall–Kier alpha value is -2.99. The zero-order valence-corrected chi connectivity index (χ0v) is 22.1. The van der Waals surface area contributed by atoms with Crippen molar-refractivity contribution in [3.8, 4) is 5.75 Å². The Bertz CT molecular complexity index is 1170. The number of likely N-dealkylation sites (N-methyl/N-ethyl adjacent to an activating group) is 1. The Labute approximate surface area is 235 Å². The van der Waals surface area contributed by atoms with Gasteiger partial charge in [0, 0.05) is 30.0 Å². The summed E-state index contributed by atoms with van der Waals surface area (Å²) >= 11 is 0. The van der Waals surface area contributed by atoms with Gasteiger partial charge in [-0.05, 0) is 58.8 Å². The number of aliphatic hydroxyl groups excluding tert-OH is 1. The number of benzene rings is 1. The van der Waals surface area contributed by atoms with Crippen LogP contribution >= 0.6 is 0 Å². The molecule has 40 heavy (non-hydrogen) atoms. The average Bonchev–Trinajstić information content (AvgIpc) is 3.24. The molecule has 6 atom stereocenters. The van der Waals surface area contributed by atoms with Crippen molar-refractivity contribution in [2.45, 2.75) is 103 Å². The maximum absolute atomic E-state index is 13.0. The van der Waals surface area contributed by atoms with Gasteiger partial charge in [0.15, 0.2) is 12.2 Å². The number of aliphatic hydroxyl groups is 2. The minimum absolute atomic E-state index is 0. The summed E-state index contributed by atoms with van der Waals surface area (Å²) in [5.74, 6) is -2.12. The van der Waals surface area contributed by atoms with Gasteiger partial charge in [-0.3, -0.25) is 9.59 Å². The minimum atomic E-state index is -1.27. The molecule has 5 N–H and O–H groups in total. The Balaban J connectivity index is 0.00000280. The maximum Gasteiger partial charge on any atom is 0.352 e. The molecule has 0 bridgehead atoms. The number of aryl methyl sites for hydroxylation is 1. The monoisotopic (exact) mass is 564 g/mol. The SMILES string of the molecule is C.C.Cc1ccc(CO)c2c1[C@]13CCN(C)[C@H](C)[C@]1(O)CC=C(OC(=O)[C@H](C)OC(=O)CC[C@H](N)C(=O)O)[C@@H]3O2. The van der Waals surface area contributed by atoms with Gasteiger partial charge in [0.05, 0.1) is 17.6 Å². The third kappa shape index (κ3) is 5.23. The first kappa shape index (κ1) is 33.2. The van der Waals surface area contributed by atoms with E-state index in [9.17, 15) is 24.6 Å². The smallest absolute Gasteiger partial charge is 0.352 e. The first-order valence-corrected chi connectivity index (χ1v) is 12.8. The highest BCUT2D eigenvalue weighted by molar-refractivity contribution is 5.80. The van der Waals surface area contributed by atoms with Crippen LogP contribution in [0, 0.1) is 6.92 Å². The van der Waals surface area contributed by atoms with E-state index < -0.39 is 47.2 Å². The van der Waals surface area contributed by atoms with E-state index in [2.05, 4.69) is 4.90 Å². The number of aliphatic carboxylic acids is 1. The number of hydrogen-bond donors (Lipinski definition) is 4. The molecule has 1 aliphatic carbocycles. The minimum Gasteiger partial charge on any atom is -0.481 e. The summed E-state index contributed by atoms with van der Waals surface area (Å²) in [5.41, 5.74) is 5.54. The van der Waals surface area contributed by atoms with Crippen LogP contribution in [0.1, 0.15) is 71.1 Å². The third-order valence-corrected chi connectivity index (χ3v) is 8.44. The lowest BCUT2D eigenvalue weighted by Crippen LogP contribution is -2.71. The summed E-state index contributed by atoms with van der Waals surface area (Å²) in [5, 5.41) is 31.1. The summed E-state index contributed by atoms with van der Waals surface area (Å²) in [6, 6.07) is 2.23. The van der Waals surface area contributed by atoms with Crippen LogP contribution in [0.25, 0.3) is 0 Å². The van der Waals surface area contributed by atoms with Crippen LogP contribution < -0.4 is 10.5 Å². The first-order valence-electron chi connectivity index (χ1n) is 12.8. The highest BCUT2D eigenvalue weighted by atomic mass is 16.6. The standard InChI is InChI=1S/C27H36N2O9.2CH4/c1-14-5-6-17(13-30)22-21(14)26-11-12-29(4)16(3)27(26,35)10-9-19(23(26)38-22)37-25(34)15(2)36-20(31)8-7-18(28)24(32)33;;/h5-6,9,15-16,18,23,30,35H,7-8,10-13,28H2,1-4H3,(H,32,33);2*1H4/t15-,16+,18-,23-,26-,27+;;/m0../s1. The molecule has 1 spiro atoms. The zero-order valence-electron chi connectivity index (χ0n) is 22.1. The fourth-order valence-corrected chi connectivity index (χ4v) is 6.10. The molecular formula is C29H44N2O9. The van der Waals surface area contributed by atoms with E-state index in [4.69, 9.17) is 25.1 Å². The number of carboxylic acids is 1. The molecule has 2 aliphatic heterocycles. The van der Waals surface area contributed by atoms with Gasteiger partial charge in [-0.25, -0.2) is 4.79 Å². The molecule has 3 aliphatic rings. The van der Waals surface area contributed by atoms with E-state index in [1.165, 1.54) is 6.92 Å². The number of nitrogens with zero attached hydrogens (tertiary/aromatic N) is 1. The zero-order chi connectivity index (χ0) is 28.0. The van der Waals surface area contributed by atoms with Crippen molar-refractivity contribution in [3.05, 3.63) is 40.7 Å². The molecule has 224 valence electrons. The molecule has 11 heteroatoms. The lowest BCUT2D eigenvalue weighted by Gasteiger charge is -2.58. The van der Waals surface area contributed by atoms with Crippen LogP contribution in [0.2, 0.25) is 0 Å². The van der Waals surface area contributed by atoms with E-state index >= 15 is 0 Å². The maximum atomic E-state index is 13.0. The fraction of sp³-hybridized carbons (Fsp3) is 0.621. The molecule has 2 heterocycles. The van der Waals surface area contributed by atoms with Gasteiger partial charge in [0.25, 0.3) is 0 Å². The molecule has 1 fully saturated rings. The summed E-state index contributed by atoms with van der Waals surface area (Å²) in [6.45, 7) is 5.67. The van der Waals surface area contributed by atoms with Crippen molar-refractivity contribution in [2.75, 3.05) is 13.6 Å². The van der Waals surface area contributed by atoms with Crippen molar-refractivity contribution < 1.29 is 43.9 Å². The number of carbonyl (C=O) groups is 3. The Morgan fingerprint density at radius 2 is 1.95 bits per heavy atom. The van der Waals surface area contributed by atoms with E-state index in [1.54, 1.807) is 12.1 Å². The second-order valence-corrected chi connectivity index (χ2v) is 10.6. The highest BCUT2D eigenvalue weighted by Gasteiger charge is 2.69. The van der Waals surface area contributed by atoms with Crippen LogP contribution in [0.5, 0.6) is 5.75 Å². The molecule has 11 nitrogen and oxygen atoms in total. The van der Waals surface area contributed by atoms with E-state index in [0.717, 1.165) is 11.1 Å². The summed E-state index contributed by atoms with van der Waals surface area (Å²) in [6.07, 6.45) is -0.118. The van der Waals surface area contributed by atoms with Gasteiger partial charge < -0.3 is 40.2 Å². The van der Waals surface area contributed by atoms with Crippen LogP contribution in [0.4, 0.5) is 0 Å². The molecule has 0 aromatic heterocycles. The molecule has 0 radical (unpaired) electrons. The van der Waals surface area contributed by atoms with Crippen molar-refractivity contribution in [1.29, 1.82) is 0 Å². The van der Waals surface area contributed by atoms with Crippen molar-refractivity contribution in [2.24, 2.45) is 5.73 Å². The second-order valence-electron chi connectivity index (χ2n) is 10.6. The Morgan fingerprint density at radius 3 is 2.58 bits per heavy atom. The van der Waals surface area contributed by atoms with Crippen LogP contribution in [0.15, 0.2) is 24.0 Å². The van der Waals surface area contributed by atoms with Crippen LogP contribution in [0.3, 0.4) is 0 Å². The molecule has 0 unspecified atom stereocenters. The molecule has 1 saturated heterocycles. The highest BCUT2D eigenvalue weighted by Crippen LogP contribution is 2.61. The summed E-state index contributed by atoms with van der Waals surface area (Å²) < 4.78 is 17.3. The predicted molar refractivity (Wildman–Crippen MR) is 148 cm³/mol. The number of piperidine rings is 1. The van der Waals surface area contributed by atoms with Gasteiger partial charge in [-0.2, -0.15) is 0 Å². The van der Waals surface area contributed by atoms with Gasteiger partial charge in [0.1, 0.15) is 17.6 Å². The summed E-state index contributed by atoms with van der Waals surface area (Å²) in [7, 11) is 1.96. The second kappa shape index (κ2) is 12.3. The molecule has 0 saturated carbocycles. The Morgan fingerprint density at radius 1 is 1.27 bits per heavy atom. The van der Waals surface area contributed by atoms with Crippen molar-refractivity contribution in [3.63, 3.8) is 0 Å². The Kier molecular flexibility index (Phi) is 10.2. The third-order valence-electron chi connectivity index (χ3n) is 8.44. The van der Waals surface area contributed by atoms with Gasteiger partial charge in [-0.1, -0.05) is 27.0 Å². The van der Waals surface area contributed by atoms with Gasteiger partial charge in [0.2, 0.25) is 0 Å². The van der Waals surface area contributed by atoms with Crippen molar-refractivity contribution >= 4 is 17.9 Å². The van der Waals surface area contributed by atoms with Gasteiger partial charge in [-0.15, -0.1) is 0 Å². The molecule has 0 amide bonds. The van der Waals surface area contributed by atoms with Gasteiger partial charge >= 0.3 is 17.9 Å². The molecule has 1 aromatic carbocycles. The lowest BCUT2D eigenvalue weighted by molar-refractivity contribution is -0.171. The fourth-order valence-electron chi connectivity index (χ4n) is 6.10. The van der Waals surface area contributed by atoms with Crippen LogP contribution in [-0.4, -0.2) is 81.6 Å². The number of hydrogen-bond acceptors (Lipinski definition) is 10. The quantitative estimate of drug-likeness (QED) is 0.341.